The van der Waals surface area contributed by atoms with E-state index in [-0.39, 0.29) is 13.4 Å². The normalized spacial score (nSPS) is 13.5. The summed E-state index contributed by atoms with van der Waals surface area (Å²) in [5.41, 5.74) is 20.7. The van der Waals surface area contributed by atoms with Crippen LogP contribution in [-0.4, -0.2) is 22.6 Å². The fourth-order valence-corrected chi connectivity index (χ4v) is 16.6. The van der Waals surface area contributed by atoms with Crippen LogP contribution in [0.15, 0.2) is 226 Å². The second-order valence-corrected chi connectivity index (χ2v) is 23.7. The monoisotopic (exact) mass is 1010 g/mol. The molecular weight excluding hydrogens is 967 g/mol. The first-order chi connectivity index (χ1) is 35.8. The molecule has 15 rings (SSSR count). The van der Waals surface area contributed by atoms with E-state index in [2.05, 4.69) is 235 Å². The topological polar surface area (TPSA) is 30.8 Å². The zero-order chi connectivity index (χ0) is 48.6. The first-order valence-electron chi connectivity index (χ1n) is 24.6. The zero-order valence-electron chi connectivity index (χ0n) is 40.3. The molecule has 346 valence electrons. The number of hydrogen-bond acceptors (Lipinski definition) is 5. The minimum absolute atomic E-state index is 0.0715. The van der Waals surface area contributed by atoms with Crippen LogP contribution in [0.4, 0.5) is 0 Å². The molecule has 4 aliphatic heterocycles. The average Bonchev–Trinajstić information content (AvgIpc) is 4.13. The lowest BCUT2D eigenvalue weighted by Crippen LogP contribution is -2.58. The number of hydrogen-bond donors (Lipinski definition) is 0. The second-order valence-electron chi connectivity index (χ2n) is 19.3. The summed E-state index contributed by atoms with van der Waals surface area (Å²) in [4.78, 5) is 10.5. The van der Waals surface area contributed by atoms with Crippen molar-refractivity contribution in [1.82, 2.24) is 9.13 Å². The minimum atomic E-state index is 0.0715. The van der Waals surface area contributed by atoms with Gasteiger partial charge in [0.05, 0.1) is 43.1 Å². The summed E-state index contributed by atoms with van der Waals surface area (Å²) in [5, 5.41) is 0. The Bertz CT molecular complexity index is 3830. The molecule has 0 saturated heterocycles. The third kappa shape index (κ3) is 6.85. The van der Waals surface area contributed by atoms with E-state index in [0.29, 0.717) is 0 Å². The smallest absolute Gasteiger partial charge is 0.246 e. The van der Waals surface area contributed by atoms with Gasteiger partial charge in [0.15, 0.2) is 0 Å². The highest BCUT2D eigenvalue weighted by molar-refractivity contribution is 8.02. The molecule has 0 saturated carbocycles. The summed E-state index contributed by atoms with van der Waals surface area (Å²) >= 11 is 7.55. The number of fused-ring (bicyclic) bond motifs is 8. The number of imidazole rings is 2. The number of furan rings is 1. The number of nitrogens with zero attached hydrogens (tertiary/aromatic N) is 4. The molecule has 0 atom stereocenters. The molecule has 0 aliphatic carbocycles. The number of aryl methyl sites for hydroxylation is 2. The van der Waals surface area contributed by atoms with Gasteiger partial charge in [-0.3, -0.25) is 0 Å². The molecule has 0 N–H and O–H groups in total. The Kier molecular flexibility index (Phi) is 10.0. The van der Waals surface area contributed by atoms with Gasteiger partial charge in [-0.25, -0.2) is 0 Å². The SMILES string of the molecule is Cc1c(-c2ccccc2)[n+](C)[c-]n1-c1ccc2c(c1)B1c3cc(-c4coc(-c5ccc6c(c5)B5c7cc(-n8[c-][n+](C)c(-c9ccccc9)c8C)ccc7Sc7cccc(c75)S6)c4)ccc3Sc3cccc(c31)S2. The minimum Gasteiger partial charge on any atom is -0.464 e. The highest BCUT2D eigenvalue weighted by Gasteiger charge is 2.40. The third-order valence-electron chi connectivity index (χ3n) is 15.1. The van der Waals surface area contributed by atoms with Crippen molar-refractivity contribution in [1.29, 1.82) is 0 Å². The molecule has 5 nitrogen and oxygen atoms in total. The molecular formula is C62H42B2N4OS4. The van der Waals surface area contributed by atoms with Crippen molar-refractivity contribution in [3.63, 3.8) is 0 Å². The molecule has 0 spiro atoms. The van der Waals surface area contributed by atoms with Crippen LogP contribution < -0.4 is 41.9 Å². The Balaban J connectivity index is 0.797. The van der Waals surface area contributed by atoms with Gasteiger partial charge >= 0.3 is 0 Å². The molecule has 0 unspecified atom stereocenters. The van der Waals surface area contributed by atoms with Crippen molar-refractivity contribution in [2.45, 2.75) is 53.0 Å². The van der Waals surface area contributed by atoms with Crippen molar-refractivity contribution in [2.24, 2.45) is 14.1 Å². The van der Waals surface area contributed by atoms with Gasteiger partial charge in [0.1, 0.15) is 5.76 Å². The van der Waals surface area contributed by atoms with Gasteiger partial charge in [0.25, 0.3) is 0 Å². The molecule has 0 amide bonds. The molecule has 11 heteroatoms. The third-order valence-corrected chi connectivity index (χ3v) is 19.8. The van der Waals surface area contributed by atoms with Crippen molar-refractivity contribution in [2.75, 3.05) is 0 Å². The predicted molar refractivity (Wildman–Crippen MR) is 300 cm³/mol. The highest BCUT2D eigenvalue weighted by Crippen LogP contribution is 2.42. The fraction of sp³-hybridized carbons (Fsp3) is 0.0645. The fourth-order valence-electron chi connectivity index (χ4n) is 11.8. The lowest BCUT2D eigenvalue weighted by molar-refractivity contribution is -0.664. The van der Waals surface area contributed by atoms with E-state index >= 15 is 0 Å². The Morgan fingerprint density at radius 3 is 1.27 bits per heavy atom. The van der Waals surface area contributed by atoms with Gasteiger partial charge in [-0.2, -0.15) is 0 Å². The van der Waals surface area contributed by atoms with E-state index < -0.39 is 0 Å². The van der Waals surface area contributed by atoms with Crippen molar-refractivity contribution >= 4 is 93.2 Å². The Hall–Kier alpha value is -7.01. The molecule has 7 heterocycles. The maximum absolute atomic E-state index is 6.60. The van der Waals surface area contributed by atoms with Gasteiger partial charge in [-0.05, 0) is 83.9 Å². The molecule has 73 heavy (non-hydrogen) atoms. The maximum atomic E-state index is 6.60. The van der Waals surface area contributed by atoms with E-state index in [4.69, 9.17) is 4.42 Å². The van der Waals surface area contributed by atoms with Crippen LogP contribution in [0.5, 0.6) is 0 Å². The lowest BCUT2D eigenvalue weighted by Gasteiger charge is -2.33. The highest BCUT2D eigenvalue weighted by atomic mass is 32.2. The van der Waals surface area contributed by atoms with Gasteiger partial charge in [-0.15, -0.1) is 0 Å². The lowest BCUT2D eigenvalue weighted by atomic mass is 9.36. The van der Waals surface area contributed by atoms with E-state index in [1.807, 2.05) is 53.3 Å². The quantitative estimate of drug-likeness (QED) is 0.0941. The summed E-state index contributed by atoms with van der Waals surface area (Å²) in [6.07, 6.45) is 9.22. The molecule has 0 fully saturated rings. The Labute approximate surface area is 442 Å². The van der Waals surface area contributed by atoms with E-state index in [1.54, 1.807) is 0 Å². The molecule has 0 radical (unpaired) electrons. The number of benzene rings is 8. The largest absolute Gasteiger partial charge is 0.464 e. The maximum Gasteiger partial charge on any atom is 0.246 e. The molecule has 3 aromatic heterocycles. The van der Waals surface area contributed by atoms with Gasteiger partial charge in [0, 0.05) is 61.7 Å². The second kappa shape index (κ2) is 16.8. The number of rotatable bonds is 6. The van der Waals surface area contributed by atoms with E-state index in [1.165, 1.54) is 88.8 Å². The first-order valence-corrected chi connectivity index (χ1v) is 27.8. The molecule has 4 aliphatic rings. The van der Waals surface area contributed by atoms with Crippen LogP contribution >= 0.6 is 47.0 Å². The standard InChI is InChI=1S/C62H42B2N4OS4/c1-37-61(39-13-7-5-8-14-39)65(3)35-67(37)44-23-27-53-48(32-44)63-46-29-41(21-25-51(46)70-55-17-11-19-57(72-53)59(55)63)43-31-50(69-34-43)42-22-26-52-47(30-42)64-49-33-45(24-28-54(49)73-58-20-12-18-56(71-52)60(58)64)68-36-66(4)62(38(68)2)40-15-9-6-10-16-40/h5-34H,1-4H3. The van der Waals surface area contributed by atoms with E-state index in [0.717, 1.165) is 50.9 Å². The Morgan fingerprint density at radius 1 is 0.397 bits per heavy atom. The first kappa shape index (κ1) is 43.6. The summed E-state index contributed by atoms with van der Waals surface area (Å²) < 4.78 is 15.3. The summed E-state index contributed by atoms with van der Waals surface area (Å²) in [7, 11) is 4.18. The van der Waals surface area contributed by atoms with E-state index in [9.17, 15) is 0 Å². The van der Waals surface area contributed by atoms with Crippen molar-refractivity contribution in [3.05, 3.63) is 206 Å². The van der Waals surface area contributed by atoms with Gasteiger partial charge in [0.2, 0.25) is 26.1 Å². The van der Waals surface area contributed by atoms with Crippen LogP contribution in [0.2, 0.25) is 0 Å². The number of aromatic nitrogens is 4. The zero-order valence-corrected chi connectivity index (χ0v) is 43.6. The molecule has 8 aromatic carbocycles. The van der Waals surface area contributed by atoms with Crippen LogP contribution in [0.3, 0.4) is 0 Å². The van der Waals surface area contributed by atoms with Crippen molar-refractivity contribution in [3.8, 4) is 56.3 Å². The van der Waals surface area contributed by atoms with Crippen LogP contribution in [0.1, 0.15) is 11.4 Å². The molecule has 0 bridgehead atoms. The predicted octanol–water partition coefficient (Wildman–Crippen LogP) is 10.3. The summed E-state index contributed by atoms with van der Waals surface area (Å²) in [5.74, 6) is 0.865. The van der Waals surface area contributed by atoms with Gasteiger partial charge in [-0.1, -0.05) is 202 Å². The van der Waals surface area contributed by atoms with Crippen LogP contribution in [0, 0.1) is 26.5 Å². The van der Waals surface area contributed by atoms with Crippen LogP contribution in [-0.2, 0) is 14.1 Å². The van der Waals surface area contributed by atoms with Gasteiger partial charge < -0.3 is 22.7 Å². The summed E-state index contributed by atoms with van der Waals surface area (Å²) in [6, 6.07) is 65.0. The summed E-state index contributed by atoms with van der Waals surface area (Å²) in [6.45, 7) is 4.55. The Morgan fingerprint density at radius 2 is 0.808 bits per heavy atom. The van der Waals surface area contributed by atoms with Crippen molar-refractivity contribution < 1.29 is 13.6 Å². The average molecular weight is 1010 g/mol. The molecule has 11 aromatic rings. The van der Waals surface area contributed by atoms with Crippen LogP contribution in [0.25, 0.3) is 56.3 Å².